The molecule has 0 fully saturated rings. The van der Waals surface area contributed by atoms with Crippen LogP contribution >= 0.6 is 11.3 Å². The van der Waals surface area contributed by atoms with Crippen molar-refractivity contribution in [1.82, 2.24) is 0 Å². The van der Waals surface area contributed by atoms with E-state index in [4.69, 9.17) is 0 Å². The molecule has 0 bridgehead atoms. The summed E-state index contributed by atoms with van der Waals surface area (Å²) in [5, 5.41) is 1.36. The van der Waals surface area contributed by atoms with Crippen LogP contribution < -0.4 is 4.57 Å². The van der Waals surface area contributed by atoms with E-state index in [1.54, 1.807) is 0 Å². The van der Waals surface area contributed by atoms with E-state index >= 15 is 0 Å². The summed E-state index contributed by atoms with van der Waals surface area (Å²) in [6, 6.07) is 6.59. The van der Waals surface area contributed by atoms with Crippen LogP contribution in [0.1, 0.15) is 10.6 Å². The Bertz CT molecular complexity index is 429. The summed E-state index contributed by atoms with van der Waals surface area (Å²) in [7, 11) is 2.11. The quantitative estimate of drug-likeness (QED) is 0.545. The molecule has 0 saturated carbocycles. The molecule has 12 heavy (non-hydrogen) atoms. The molecule has 0 aliphatic rings. The van der Waals surface area contributed by atoms with Gasteiger partial charge in [-0.3, -0.25) is 0 Å². The average molecular weight is 178 g/mol. The van der Waals surface area contributed by atoms with Crippen LogP contribution in [-0.4, -0.2) is 0 Å². The molecule has 0 atom stereocenters. The highest BCUT2D eigenvalue weighted by molar-refractivity contribution is 7.18. The Morgan fingerprint density at radius 1 is 1.25 bits per heavy atom. The SMILES string of the molecule is Cc1ccc2c(c1)sc(C)[n+]2C. The highest BCUT2D eigenvalue weighted by atomic mass is 32.1. The number of hydrogen-bond donors (Lipinski definition) is 0. The van der Waals surface area contributed by atoms with Gasteiger partial charge in [0.15, 0.2) is 0 Å². The number of aryl methyl sites for hydroxylation is 3. The molecular weight excluding hydrogens is 166 g/mol. The Labute approximate surface area is 76.3 Å². The average Bonchev–Trinajstić information content (AvgIpc) is 2.28. The number of thiazole rings is 1. The molecule has 1 nitrogen and oxygen atoms in total. The summed E-state index contributed by atoms with van der Waals surface area (Å²) < 4.78 is 3.62. The maximum atomic E-state index is 2.24. The molecule has 1 aromatic heterocycles. The van der Waals surface area contributed by atoms with Gasteiger partial charge in [0.1, 0.15) is 11.7 Å². The minimum atomic E-state index is 1.34. The smallest absolute Gasteiger partial charge is 0.189 e. The number of benzene rings is 1. The molecule has 0 unspecified atom stereocenters. The topological polar surface area (TPSA) is 3.88 Å². The van der Waals surface area contributed by atoms with Gasteiger partial charge in [0, 0.05) is 13.0 Å². The summed E-state index contributed by atoms with van der Waals surface area (Å²) in [6.45, 7) is 4.29. The van der Waals surface area contributed by atoms with Crippen molar-refractivity contribution in [2.24, 2.45) is 7.05 Å². The zero-order valence-electron chi connectivity index (χ0n) is 7.59. The summed E-state index contributed by atoms with van der Waals surface area (Å²) >= 11 is 1.86. The van der Waals surface area contributed by atoms with Crippen molar-refractivity contribution >= 4 is 21.6 Å². The zero-order chi connectivity index (χ0) is 8.72. The van der Waals surface area contributed by atoms with Crippen molar-refractivity contribution in [3.8, 4) is 0 Å². The fourth-order valence-electron chi connectivity index (χ4n) is 1.38. The molecule has 0 aliphatic heterocycles. The van der Waals surface area contributed by atoms with Gasteiger partial charge in [-0.15, -0.1) is 0 Å². The van der Waals surface area contributed by atoms with Crippen LogP contribution in [0, 0.1) is 13.8 Å². The first-order chi connectivity index (χ1) is 5.68. The molecule has 0 spiro atoms. The summed E-state index contributed by atoms with van der Waals surface area (Å²) in [5.41, 5.74) is 2.67. The predicted molar refractivity (Wildman–Crippen MR) is 52.5 cm³/mol. The lowest BCUT2D eigenvalue weighted by Gasteiger charge is -1.88. The Kier molecular flexibility index (Phi) is 1.65. The van der Waals surface area contributed by atoms with Crippen molar-refractivity contribution < 1.29 is 4.57 Å². The van der Waals surface area contributed by atoms with Crippen LogP contribution in [0.4, 0.5) is 0 Å². The zero-order valence-corrected chi connectivity index (χ0v) is 8.40. The fourth-order valence-corrected chi connectivity index (χ4v) is 2.49. The second kappa shape index (κ2) is 2.56. The molecule has 2 heteroatoms. The van der Waals surface area contributed by atoms with Gasteiger partial charge < -0.3 is 0 Å². The van der Waals surface area contributed by atoms with E-state index in [1.807, 2.05) is 11.3 Å². The van der Waals surface area contributed by atoms with Gasteiger partial charge in [0.05, 0.1) is 0 Å². The van der Waals surface area contributed by atoms with Crippen LogP contribution in [0.25, 0.3) is 10.2 Å². The number of hydrogen-bond acceptors (Lipinski definition) is 1. The largest absolute Gasteiger partial charge is 0.234 e. The monoisotopic (exact) mass is 178 g/mol. The van der Waals surface area contributed by atoms with Crippen LogP contribution in [0.3, 0.4) is 0 Å². The van der Waals surface area contributed by atoms with Gasteiger partial charge in [0.2, 0.25) is 10.5 Å². The second-order valence-corrected chi connectivity index (χ2v) is 4.39. The summed E-state index contributed by atoms with van der Waals surface area (Å²) in [5.74, 6) is 0. The van der Waals surface area contributed by atoms with Crippen molar-refractivity contribution in [1.29, 1.82) is 0 Å². The molecule has 62 valence electrons. The predicted octanol–water partition coefficient (Wildman–Crippen LogP) is 2.34. The molecule has 0 N–H and O–H groups in total. The number of rotatable bonds is 0. The molecule has 0 aliphatic carbocycles. The number of nitrogens with zero attached hydrogens (tertiary/aromatic N) is 1. The molecule has 2 aromatic rings. The first kappa shape index (κ1) is 7.74. The minimum absolute atomic E-state index is 1.34. The van der Waals surface area contributed by atoms with Crippen LogP contribution in [0.5, 0.6) is 0 Å². The molecular formula is C10H12NS+. The Morgan fingerprint density at radius 2 is 2.00 bits per heavy atom. The Balaban J connectivity index is 2.87. The first-order valence-electron chi connectivity index (χ1n) is 4.04. The standard InChI is InChI=1S/C10H12NS/c1-7-4-5-9-10(6-7)12-8(2)11(9)3/h4-6H,1-3H3/q+1. The highest BCUT2D eigenvalue weighted by Gasteiger charge is 2.11. The lowest BCUT2D eigenvalue weighted by Crippen LogP contribution is -2.28. The second-order valence-electron chi connectivity index (χ2n) is 3.15. The van der Waals surface area contributed by atoms with E-state index in [9.17, 15) is 0 Å². The van der Waals surface area contributed by atoms with Crippen LogP contribution in [0.15, 0.2) is 18.2 Å². The van der Waals surface area contributed by atoms with E-state index in [1.165, 1.54) is 20.8 Å². The van der Waals surface area contributed by atoms with E-state index in [0.717, 1.165) is 0 Å². The fraction of sp³-hybridized carbons (Fsp3) is 0.300. The van der Waals surface area contributed by atoms with E-state index in [0.29, 0.717) is 0 Å². The molecule has 1 heterocycles. The van der Waals surface area contributed by atoms with Crippen molar-refractivity contribution in [3.05, 3.63) is 28.8 Å². The Hall–Kier alpha value is -0.890. The number of aromatic nitrogens is 1. The van der Waals surface area contributed by atoms with Gasteiger partial charge >= 0.3 is 0 Å². The third-order valence-corrected chi connectivity index (χ3v) is 3.32. The maximum absolute atomic E-state index is 2.24. The molecule has 0 amide bonds. The van der Waals surface area contributed by atoms with Gasteiger partial charge in [-0.25, -0.2) is 0 Å². The van der Waals surface area contributed by atoms with Gasteiger partial charge in [-0.1, -0.05) is 17.4 Å². The van der Waals surface area contributed by atoms with Crippen molar-refractivity contribution in [2.45, 2.75) is 13.8 Å². The van der Waals surface area contributed by atoms with Gasteiger partial charge in [0.25, 0.3) is 0 Å². The molecule has 0 saturated heterocycles. The Morgan fingerprint density at radius 3 is 2.75 bits per heavy atom. The van der Waals surface area contributed by atoms with Crippen LogP contribution in [0.2, 0.25) is 0 Å². The number of fused-ring (bicyclic) bond motifs is 1. The van der Waals surface area contributed by atoms with Crippen molar-refractivity contribution in [2.75, 3.05) is 0 Å². The minimum Gasteiger partial charge on any atom is -0.189 e. The highest BCUT2D eigenvalue weighted by Crippen LogP contribution is 2.20. The lowest BCUT2D eigenvalue weighted by atomic mass is 10.2. The van der Waals surface area contributed by atoms with E-state index in [-0.39, 0.29) is 0 Å². The third-order valence-electron chi connectivity index (χ3n) is 2.21. The molecule has 0 radical (unpaired) electrons. The maximum Gasteiger partial charge on any atom is 0.234 e. The third kappa shape index (κ3) is 1.03. The summed E-state index contributed by atoms with van der Waals surface area (Å²) in [4.78, 5) is 0. The summed E-state index contributed by atoms with van der Waals surface area (Å²) in [6.07, 6.45) is 0. The lowest BCUT2D eigenvalue weighted by molar-refractivity contribution is -0.646. The van der Waals surface area contributed by atoms with E-state index in [2.05, 4.69) is 43.7 Å². The van der Waals surface area contributed by atoms with Crippen molar-refractivity contribution in [3.63, 3.8) is 0 Å². The van der Waals surface area contributed by atoms with Crippen LogP contribution in [-0.2, 0) is 7.05 Å². The van der Waals surface area contributed by atoms with Gasteiger partial charge in [-0.2, -0.15) is 4.57 Å². The molecule has 2 rings (SSSR count). The van der Waals surface area contributed by atoms with E-state index < -0.39 is 0 Å². The van der Waals surface area contributed by atoms with Gasteiger partial charge in [-0.05, 0) is 18.6 Å². The normalized spacial score (nSPS) is 10.9. The first-order valence-corrected chi connectivity index (χ1v) is 4.86. The molecule has 1 aromatic carbocycles.